The molecule has 1 N–H and O–H groups in total. The number of aryl methyl sites for hydroxylation is 1. The smallest absolute Gasteiger partial charge is 0.241 e. The van der Waals surface area contributed by atoms with Gasteiger partial charge < -0.3 is 14.6 Å². The van der Waals surface area contributed by atoms with Gasteiger partial charge in [-0.25, -0.2) is 9.97 Å². The maximum atomic E-state index is 11.5. The number of carbonyl (C=O) groups excluding carboxylic acids is 1. The van der Waals surface area contributed by atoms with Gasteiger partial charge in [-0.2, -0.15) is 5.10 Å². The molecule has 1 unspecified atom stereocenters. The number of carbonyl (C=O) groups is 1. The number of hydrogen-bond donors (Lipinski definition) is 1. The predicted octanol–water partition coefficient (Wildman–Crippen LogP) is 2.32. The second kappa shape index (κ2) is 6.68. The van der Waals surface area contributed by atoms with Gasteiger partial charge >= 0.3 is 0 Å². The molecule has 0 saturated carbocycles. The van der Waals surface area contributed by atoms with Crippen molar-refractivity contribution in [1.82, 2.24) is 29.6 Å². The van der Waals surface area contributed by atoms with Crippen LogP contribution in [0, 0.1) is 5.92 Å². The Labute approximate surface area is 157 Å². The van der Waals surface area contributed by atoms with Gasteiger partial charge in [-0.15, -0.1) is 0 Å². The Morgan fingerprint density at radius 1 is 1.33 bits per heavy atom. The zero-order chi connectivity index (χ0) is 19.1. The average Bonchev–Trinajstić information content (AvgIpc) is 3.34. The zero-order valence-electron chi connectivity index (χ0n) is 16.0. The Morgan fingerprint density at radius 2 is 2.15 bits per heavy atom. The zero-order valence-corrected chi connectivity index (χ0v) is 16.0. The summed E-state index contributed by atoms with van der Waals surface area (Å²) < 4.78 is 10.0. The normalized spacial score (nSPS) is 18.3. The van der Waals surface area contributed by atoms with Crippen LogP contribution in [0.3, 0.4) is 0 Å². The monoisotopic (exact) mass is 368 g/mol. The largest absolute Gasteiger partial charge is 0.473 e. The van der Waals surface area contributed by atoms with E-state index in [1.54, 1.807) is 6.33 Å². The Bertz CT molecular complexity index is 989. The molecule has 4 rings (SSSR count). The summed E-state index contributed by atoms with van der Waals surface area (Å²) in [5, 5.41) is 7.27. The summed E-state index contributed by atoms with van der Waals surface area (Å²) >= 11 is 0. The van der Waals surface area contributed by atoms with Crippen LogP contribution >= 0.6 is 0 Å². The number of ether oxygens (including phenoxy) is 1. The highest BCUT2D eigenvalue weighted by Gasteiger charge is 2.29. The third-order valence-electron chi connectivity index (χ3n) is 5.06. The summed E-state index contributed by atoms with van der Waals surface area (Å²) in [6.45, 7) is 6.78. The second-order valence-corrected chi connectivity index (χ2v) is 7.43. The minimum Gasteiger partial charge on any atom is -0.473 e. The molecule has 3 aromatic rings. The molecular weight excluding hydrogens is 344 g/mol. The molecule has 4 heterocycles. The Balaban J connectivity index is 1.71. The first-order valence-corrected chi connectivity index (χ1v) is 9.22. The molecule has 0 radical (unpaired) electrons. The van der Waals surface area contributed by atoms with Gasteiger partial charge in [0.2, 0.25) is 11.8 Å². The summed E-state index contributed by atoms with van der Waals surface area (Å²) in [5.74, 6) is 0.741. The van der Waals surface area contributed by atoms with E-state index in [2.05, 4.69) is 29.2 Å². The second-order valence-electron chi connectivity index (χ2n) is 7.43. The molecule has 142 valence electrons. The van der Waals surface area contributed by atoms with Crippen LogP contribution in [0.4, 0.5) is 0 Å². The molecule has 1 amide bonds. The average molecular weight is 368 g/mol. The number of amides is 1. The number of pyridine rings is 1. The van der Waals surface area contributed by atoms with Crippen molar-refractivity contribution in [2.24, 2.45) is 13.0 Å². The Kier molecular flexibility index (Phi) is 4.33. The molecular formula is C19H24N6O2. The molecule has 8 heteroatoms. The number of imidazole rings is 1. The first kappa shape index (κ1) is 17.5. The lowest BCUT2D eigenvalue weighted by Gasteiger charge is -2.20. The standard InChI is InChI=1S/C19H24N6O2/c1-11(2)25-9-14(8-22-25)15-6-16-18(24(4)10-21-16)19(23-15)27-12(3)13-5-17(26)20-7-13/h6,8-13H,5,7H2,1-4H3,(H,20,26)/t12-,13?/m1/s1. The van der Waals surface area contributed by atoms with E-state index < -0.39 is 0 Å². The van der Waals surface area contributed by atoms with Crippen LogP contribution in [0.2, 0.25) is 0 Å². The van der Waals surface area contributed by atoms with Crippen LogP contribution in [-0.4, -0.2) is 42.9 Å². The molecule has 1 aliphatic rings. The topological polar surface area (TPSA) is 86.9 Å². The van der Waals surface area contributed by atoms with Crippen molar-refractivity contribution in [2.75, 3.05) is 6.54 Å². The van der Waals surface area contributed by atoms with Crippen molar-refractivity contribution in [3.63, 3.8) is 0 Å². The van der Waals surface area contributed by atoms with E-state index in [9.17, 15) is 4.79 Å². The lowest BCUT2D eigenvalue weighted by Crippen LogP contribution is -2.26. The maximum Gasteiger partial charge on any atom is 0.241 e. The van der Waals surface area contributed by atoms with Gasteiger partial charge in [0.25, 0.3) is 0 Å². The summed E-state index contributed by atoms with van der Waals surface area (Å²) in [7, 11) is 1.92. The molecule has 0 aliphatic carbocycles. The fourth-order valence-corrected chi connectivity index (χ4v) is 3.35. The predicted molar refractivity (Wildman–Crippen MR) is 101 cm³/mol. The van der Waals surface area contributed by atoms with E-state index in [0.29, 0.717) is 18.8 Å². The van der Waals surface area contributed by atoms with E-state index in [1.807, 2.05) is 41.7 Å². The van der Waals surface area contributed by atoms with Crippen LogP contribution in [0.1, 0.15) is 33.2 Å². The third kappa shape index (κ3) is 3.27. The van der Waals surface area contributed by atoms with Gasteiger partial charge in [-0.3, -0.25) is 9.48 Å². The lowest BCUT2D eigenvalue weighted by atomic mass is 10.0. The van der Waals surface area contributed by atoms with Crippen LogP contribution < -0.4 is 10.1 Å². The number of rotatable bonds is 5. The van der Waals surface area contributed by atoms with Gasteiger partial charge in [-0.1, -0.05) is 0 Å². The van der Waals surface area contributed by atoms with E-state index in [1.165, 1.54) is 0 Å². The number of nitrogens with one attached hydrogen (secondary N) is 1. The van der Waals surface area contributed by atoms with Crippen molar-refractivity contribution in [2.45, 2.75) is 39.3 Å². The molecule has 0 spiro atoms. The van der Waals surface area contributed by atoms with Crippen molar-refractivity contribution in [3.8, 4) is 17.1 Å². The van der Waals surface area contributed by atoms with E-state index in [-0.39, 0.29) is 24.0 Å². The number of nitrogens with zero attached hydrogens (tertiary/aromatic N) is 5. The van der Waals surface area contributed by atoms with Crippen molar-refractivity contribution in [1.29, 1.82) is 0 Å². The van der Waals surface area contributed by atoms with Crippen molar-refractivity contribution < 1.29 is 9.53 Å². The molecule has 0 bridgehead atoms. The fourth-order valence-electron chi connectivity index (χ4n) is 3.35. The Morgan fingerprint density at radius 3 is 2.81 bits per heavy atom. The molecule has 1 saturated heterocycles. The molecule has 0 aromatic carbocycles. The molecule has 27 heavy (non-hydrogen) atoms. The van der Waals surface area contributed by atoms with E-state index >= 15 is 0 Å². The SMILES string of the molecule is CC(C)n1cc(-c2cc3ncn(C)c3c(O[C@H](C)C3CNC(=O)C3)n2)cn1. The van der Waals surface area contributed by atoms with Crippen LogP contribution in [0.15, 0.2) is 24.8 Å². The first-order chi connectivity index (χ1) is 12.9. The molecule has 8 nitrogen and oxygen atoms in total. The van der Waals surface area contributed by atoms with Crippen LogP contribution in [0.5, 0.6) is 5.88 Å². The Hall–Kier alpha value is -2.90. The van der Waals surface area contributed by atoms with Gasteiger partial charge in [0, 0.05) is 43.7 Å². The minimum absolute atomic E-state index is 0.0731. The third-order valence-corrected chi connectivity index (χ3v) is 5.06. The maximum absolute atomic E-state index is 11.5. The van der Waals surface area contributed by atoms with Crippen LogP contribution in [-0.2, 0) is 11.8 Å². The number of fused-ring (bicyclic) bond motifs is 1. The molecule has 3 aromatic heterocycles. The molecule has 1 fully saturated rings. The molecule has 1 aliphatic heterocycles. The number of hydrogen-bond acceptors (Lipinski definition) is 5. The highest BCUT2D eigenvalue weighted by molar-refractivity contribution is 5.84. The van der Waals surface area contributed by atoms with Crippen molar-refractivity contribution in [3.05, 3.63) is 24.8 Å². The lowest BCUT2D eigenvalue weighted by molar-refractivity contribution is -0.119. The highest BCUT2D eigenvalue weighted by Crippen LogP contribution is 2.30. The van der Waals surface area contributed by atoms with E-state index in [0.717, 1.165) is 22.3 Å². The fraction of sp³-hybridized carbons (Fsp3) is 0.474. The summed E-state index contributed by atoms with van der Waals surface area (Å²) in [4.78, 5) is 20.8. The van der Waals surface area contributed by atoms with Gasteiger partial charge in [-0.05, 0) is 26.8 Å². The highest BCUT2D eigenvalue weighted by atomic mass is 16.5. The minimum atomic E-state index is -0.136. The summed E-state index contributed by atoms with van der Waals surface area (Å²) in [6, 6.07) is 2.23. The molecule has 2 atom stereocenters. The summed E-state index contributed by atoms with van der Waals surface area (Å²) in [5.41, 5.74) is 3.36. The quantitative estimate of drug-likeness (QED) is 0.747. The first-order valence-electron chi connectivity index (χ1n) is 9.22. The van der Waals surface area contributed by atoms with Gasteiger partial charge in [0.05, 0.1) is 23.7 Å². The van der Waals surface area contributed by atoms with Gasteiger partial charge in [0.15, 0.2) is 0 Å². The van der Waals surface area contributed by atoms with Gasteiger partial charge in [0.1, 0.15) is 11.6 Å². The van der Waals surface area contributed by atoms with E-state index in [4.69, 9.17) is 9.72 Å². The summed E-state index contributed by atoms with van der Waals surface area (Å²) in [6.07, 6.45) is 5.89. The van der Waals surface area contributed by atoms with Crippen LogP contribution in [0.25, 0.3) is 22.3 Å². The van der Waals surface area contributed by atoms with Crippen molar-refractivity contribution >= 4 is 16.9 Å². The number of aromatic nitrogens is 5.